The van der Waals surface area contributed by atoms with Gasteiger partial charge < -0.3 is 0 Å². The van der Waals surface area contributed by atoms with E-state index in [4.69, 9.17) is 23.2 Å². The molecule has 1 aromatic carbocycles. The van der Waals surface area contributed by atoms with Crippen molar-refractivity contribution in [3.8, 4) is 0 Å². The van der Waals surface area contributed by atoms with Gasteiger partial charge in [-0.05, 0) is 24.5 Å². The Kier molecular flexibility index (Phi) is 3.57. The number of nitrogens with zero attached hydrogens (tertiary/aromatic N) is 1. The Morgan fingerprint density at radius 1 is 1.30 bits per heavy atom. The van der Waals surface area contributed by atoms with E-state index in [0.29, 0.717) is 28.8 Å². The maximum Gasteiger partial charge on any atom is 0.161 e. The van der Waals surface area contributed by atoms with Crippen LogP contribution in [0.5, 0.6) is 0 Å². The second-order valence-corrected chi connectivity index (χ2v) is 6.21. The number of hydrogen-bond acceptors (Lipinski definition) is 3. The minimum absolute atomic E-state index is 0.212. The van der Waals surface area contributed by atoms with Gasteiger partial charge in [0.15, 0.2) is 5.78 Å². The number of hydrazone groups is 1. The van der Waals surface area contributed by atoms with Crippen molar-refractivity contribution < 1.29 is 4.79 Å². The Balaban J connectivity index is 1.91. The van der Waals surface area contributed by atoms with E-state index in [1.54, 1.807) is 12.1 Å². The molecule has 1 heterocycles. The first-order valence-corrected chi connectivity index (χ1v) is 7.33. The molecule has 3 rings (SSSR count). The molecule has 1 aromatic rings. The molecule has 20 heavy (non-hydrogen) atoms. The molecule has 0 fully saturated rings. The smallest absolute Gasteiger partial charge is 0.161 e. The van der Waals surface area contributed by atoms with Gasteiger partial charge in [-0.2, -0.15) is 5.10 Å². The number of benzene rings is 1. The van der Waals surface area contributed by atoms with Crippen molar-refractivity contribution in [2.45, 2.75) is 26.2 Å². The summed E-state index contributed by atoms with van der Waals surface area (Å²) in [5, 5.41) is 5.52. The van der Waals surface area contributed by atoms with Gasteiger partial charge in [-0.25, -0.2) is 0 Å². The third kappa shape index (κ3) is 2.48. The lowest BCUT2D eigenvalue weighted by Gasteiger charge is -2.27. The molecular formula is C15H14Cl2N2O. The van der Waals surface area contributed by atoms with Gasteiger partial charge in [0.25, 0.3) is 0 Å². The summed E-state index contributed by atoms with van der Waals surface area (Å²) in [4.78, 5) is 12.1. The zero-order valence-electron chi connectivity index (χ0n) is 11.0. The topological polar surface area (TPSA) is 41.5 Å². The molecule has 1 atom stereocenters. The summed E-state index contributed by atoms with van der Waals surface area (Å²) < 4.78 is 0. The van der Waals surface area contributed by atoms with Crippen molar-refractivity contribution in [2.75, 3.05) is 0 Å². The minimum Gasteiger partial charge on any atom is -0.294 e. The summed E-state index contributed by atoms with van der Waals surface area (Å²) in [5.41, 5.74) is 6.44. The highest BCUT2D eigenvalue weighted by Gasteiger charge is 2.29. The predicted octanol–water partition coefficient (Wildman–Crippen LogP) is 3.94. The SMILES string of the molecule is CC1CC(=O)C2=C(C1)NN=C(c1ccc(Cl)cc1Cl)C2. The van der Waals surface area contributed by atoms with Gasteiger partial charge in [-0.15, -0.1) is 0 Å². The maximum atomic E-state index is 12.1. The van der Waals surface area contributed by atoms with E-state index in [9.17, 15) is 4.79 Å². The number of Topliss-reactive ketones (excluding diaryl/α,β-unsaturated/α-hetero) is 1. The molecule has 5 heteroatoms. The van der Waals surface area contributed by atoms with Crippen molar-refractivity contribution in [2.24, 2.45) is 11.0 Å². The average molecular weight is 309 g/mol. The molecule has 1 aliphatic carbocycles. The van der Waals surface area contributed by atoms with E-state index >= 15 is 0 Å². The molecule has 1 aliphatic heterocycles. The van der Waals surface area contributed by atoms with Gasteiger partial charge in [0.05, 0.1) is 10.7 Å². The molecular weight excluding hydrogens is 295 g/mol. The fourth-order valence-corrected chi connectivity index (χ4v) is 3.21. The zero-order valence-corrected chi connectivity index (χ0v) is 12.6. The van der Waals surface area contributed by atoms with Crippen LogP contribution in [0.1, 0.15) is 31.7 Å². The van der Waals surface area contributed by atoms with Crippen molar-refractivity contribution in [3.05, 3.63) is 45.1 Å². The highest BCUT2D eigenvalue weighted by molar-refractivity contribution is 6.37. The summed E-state index contributed by atoms with van der Waals surface area (Å²) >= 11 is 12.1. The van der Waals surface area contributed by atoms with Crippen LogP contribution in [0.4, 0.5) is 0 Å². The Morgan fingerprint density at radius 3 is 2.85 bits per heavy atom. The largest absolute Gasteiger partial charge is 0.294 e. The molecule has 3 nitrogen and oxygen atoms in total. The summed E-state index contributed by atoms with van der Waals surface area (Å²) in [6, 6.07) is 5.31. The Labute approximate surface area is 127 Å². The van der Waals surface area contributed by atoms with Crippen LogP contribution in [-0.4, -0.2) is 11.5 Å². The lowest BCUT2D eigenvalue weighted by Crippen LogP contribution is -2.29. The summed E-state index contributed by atoms with van der Waals surface area (Å²) in [6.07, 6.45) is 2.03. The number of halogens is 2. The quantitative estimate of drug-likeness (QED) is 0.853. The molecule has 0 radical (unpaired) electrons. The van der Waals surface area contributed by atoms with Crippen molar-refractivity contribution in [1.29, 1.82) is 0 Å². The van der Waals surface area contributed by atoms with Crippen LogP contribution in [0.15, 0.2) is 34.6 Å². The van der Waals surface area contributed by atoms with E-state index in [2.05, 4.69) is 17.5 Å². The Hall–Kier alpha value is -1.32. The van der Waals surface area contributed by atoms with Crippen LogP contribution < -0.4 is 5.43 Å². The van der Waals surface area contributed by atoms with Crippen LogP contribution in [0, 0.1) is 5.92 Å². The van der Waals surface area contributed by atoms with Crippen molar-refractivity contribution >= 4 is 34.7 Å². The predicted molar refractivity (Wildman–Crippen MR) is 81.2 cm³/mol. The molecule has 1 unspecified atom stereocenters. The van der Waals surface area contributed by atoms with E-state index in [-0.39, 0.29) is 5.78 Å². The Bertz CT molecular complexity index is 649. The number of hydrogen-bond donors (Lipinski definition) is 1. The second-order valence-electron chi connectivity index (χ2n) is 5.36. The number of nitrogens with one attached hydrogen (secondary N) is 1. The van der Waals surface area contributed by atoms with Crippen LogP contribution in [0.25, 0.3) is 0 Å². The molecule has 0 bridgehead atoms. The summed E-state index contributed by atoms with van der Waals surface area (Å²) in [7, 11) is 0. The van der Waals surface area contributed by atoms with Crippen molar-refractivity contribution in [3.63, 3.8) is 0 Å². The summed E-state index contributed by atoms with van der Waals surface area (Å²) in [6.45, 7) is 2.08. The third-order valence-electron chi connectivity index (χ3n) is 3.70. The lowest BCUT2D eigenvalue weighted by atomic mass is 9.84. The molecule has 0 spiro atoms. The van der Waals surface area contributed by atoms with E-state index in [0.717, 1.165) is 29.0 Å². The average Bonchev–Trinajstić information content (AvgIpc) is 2.38. The monoisotopic (exact) mass is 308 g/mol. The van der Waals surface area contributed by atoms with Gasteiger partial charge in [0.2, 0.25) is 0 Å². The van der Waals surface area contributed by atoms with Crippen LogP contribution in [-0.2, 0) is 4.79 Å². The number of carbonyl (C=O) groups is 1. The second kappa shape index (κ2) is 5.23. The first kappa shape index (κ1) is 13.7. The van der Waals surface area contributed by atoms with Crippen LogP contribution in [0.3, 0.4) is 0 Å². The molecule has 2 aliphatic rings. The molecule has 0 amide bonds. The van der Waals surface area contributed by atoms with Gasteiger partial charge in [-0.3, -0.25) is 10.2 Å². The number of ketones is 1. The van der Waals surface area contributed by atoms with Crippen molar-refractivity contribution in [1.82, 2.24) is 5.43 Å². The Morgan fingerprint density at radius 2 is 2.10 bits per heavy atom. The molecule has 0 saturated heterocycles. The van der Waals surface area contributed by atoms with Gasteiger partial charge >= 0.3 is 0 Å². The third-order valence-corrected chi connectivity index (χ3v) is 4.25. The van der Waals surface area contributed by atoms with Crippen LogP contribution in [0.2, 0.25) is 10.0 Å². The van der Waals surface area contributed by atoms with Gasteiger partial charge in [0, 0.05) is 34.7 Å². The first-order chi connectivity index (χ1) is 9.54. The zero-order chi connectivity index (χ0) is 14.3. The molecule has 1 N–H and O–H groups in total. The van der Waals surface area contributed by atoms with Gasteiger partial charge in [0.1, 0.15) is 0 Å². The standard InChI is InChI=1S/C15H14Cl2N2O/c1-8-4-13-11(15(20)5-8)7-14(19-18-13)10-3-2-9(16)6-12(10)17/h2-3,6,8,18H,4-5,7H2,1H3. The number of carbonyl (C=O) groups excluding carboxylic acids is 1. The molecule has 0 aromatic heterocycles. The fraction of sp³-hybridized carbons (Fsp3) is 0.333. The number of allylic oxidation sites excluding steroid dienone is 2. The van der Waals surface area contributed by atoms with E-state index < -0.39 is 0 Å². The highest BCUT2D eigenvalue weighted by atomic mass is 35.5. The summed E-state index contributed by atoms with van der Waals surface area (Å²) in [5.74, 6) is 0.591. The highest BCUT2D eigenvalue weighted by Crippen LogP contribution is 2.32. The number of rotatable bonds is 1. The molecule has 0 saturated carbocycles. The minimum atomic E-state index is 0.212. The van der Waals surface area contributed by atoms with E-state index in [1.807, 2.05) is 6.07 Å². The first-order valence-electron chi connectivity index (χ1n) is 6.58. The van der Waals surface area contributed by atoms with Gasteiger partial charge in [-0.1, -0.05) is 36.2 Å². The van der Waals surface area contributed by atoms with Crippen LogP contribution >= 0.6 is 23.2 Å². The lowest BCUT2D eigenvalue weighted by molar-refractivity contribution is -0.117. The maximum absolute atomic E-state index is 12.1. The fourth-order valence-electron chi connectivity index (χ4n) is 2.69. The molecule has 104 valence electrons. The normalized spacial score (nSPS) is 22.2. The van der Waals surface area contributed by atoms with E-state index in [1.165, 1.54) is 0 Å².